The van der Waals surface area contributed by atoms with E-state index in [0.717, 1.165) is 10.5 Å². The molecule has 0 unspecified atom stereocenters. The highest BCUT2D eigenvalue weighted by Gasteiger charge is 2.08. The number of nitrogens with one attached hydrogen (secondary N) is 2. The van der Waals surface area contributed by atoms with E-state index in [-0.39, 0.29) is 17.6 Å². The number of aromatic nitrogens is 1. The molecule has 1 heterocycles. The number of thioether (sulfide) groups is 1. The molecule has 0 saturated carbocycles. The molecule has 0 saturated heterocycles. The molecule has 0 aliphatic rings. The predicted molar refractivity (Wildman–Crippen MR) is 106 cm³/mol. The lowest BCUT2D eigenvalue weighted by atomic mass is 10.1. The van der Waals surface area contributed by atoms with Crippen molar-refractivity contribution in [3.05, 3.63) is 71.5 Å². The zero-order chi connectivity index (χ0) is 19.2. The van der Waals surface area contributed by atoms with Crippen LogP contribution >= 0.6 is 11.8 Å². The van der Waals surface area contributed by atoms with Crippen LogP contribution in [0.2, 0.25) is 0 Å². The molecule has 0 aliphatic carbocycles. The van der Waals surface area contributed by atoms with Gasteiger partial charge in [-0.1, -0.05) is 22.9 Å². The Bertz CT molecular complexity index is 934. The maximum absolute atomic E-state index is 12.2. The molecule has 2 N–H and O–H groups in total. The Morgan fingerprint density at radius 2 is 1.70 bits per heavy atom. The summed E-state index contributed by atoms with van der Waals surface area (Å²) in [5.74, 6) is 0.984. The molecular formula is C20H19N3O3S. The quantitative estimate of drug-likeness (QED) is 0.623. The third-order valence-electron chi connectivity index (χ3n) is 3.69. The van der Waals surface area contributed by atoms with E-state index in [1.54, 1.807) is 25.1 Å². The Morgan fingerprint density at radius 1 is 1.00 bits per heavy atom. The summed E-state index contributed by atoms with van der Waals surface area (Å²) in [7, 11) is 0. The second-order valence-corrected chi connectivity index (χ2v) is 7.05. The summed E-state index contributed by atoms with van der Waals surface area (Å²) in [6.07, 6.45) is 0. The van der Waals surface area contributed by atoms with E-state index in [1.807, 2.05) is 43.3 Å². The molecule has 2 amide bonds. The predicted octanol–water partition coefficient (Wildman–Crippen LogP) is 4.27. The maximum atomic E-state index is 12.2. The molecule has 27 heavy (non-hydrogen) atoms. The van der Waals surface area contributed by atoms with Crippen LogP contribution in [0.25, 0.3) is 0 Å². The van der Waals surface area contributed by atoms with Crippen molar-refractivity contribution in [1.82, 2.24) is 5.16 Å². The van der Waals surface area contributed by atoms with E-state index in [1.165, 1.54) is 11.8 Å². The zero-order valence-corrected chi connectivity index (χ0v) is 15.8. The van der Waals surface area contributed by atoms with E-state index in [2.05, 4.69) is 15.8 Å². The molecule has 138 valence electrons. The second kappa shape index (κ2) is 8.55. The van der Waals surface area contributed by atoms with Crippen molar-refractivity contribution in [2.45, 2.75) is 18.7 Å². The van der Waals surface area contributed by atoms with Gasteiger partial charge in [-0.05, 0) is 50.2 Å². The second-order valence-electron chi connectivity index (χ2n) is 6.00. The molecule has 1 aromatic heterocycles. The third kappa shape index (κ3) is 5.46. The molecule has 7 heteroatoms. The molecule has 3 aromatic rings. The first-order valence-corrected chi connectivity index (χ1v) is 9.32. The first-order chi connectivity index (χ1) is 13.0. The minimum atomic E-state index is -0.162. The van der Waals surface area contributed by atoms with Crippen LogP contribution < -0.4 is 10.6 Å². The summed E-state index contributed by atoms with van der Waals surface area (Å²) < 4.78 is 4.90. The first kappa shape index (κ1) is 18.7. The van der Waals surface area contributed by atoms with Crippen LogP contribution in [-0.2, 0) is 4.79 Å². The number of nitrogens with zero attached hydrogens (tertiary/aromatic N) is 1. The van der Waals surface area contributed by atoms with E-state index in [4.69, 9.17) is 4.52 Å². The van der Waals surface area contributed by atoms with Gasteiger partial charge in [0, 0.05) is 22.2 Å². The molecule has 0 aliphatic heterocycles. The number of anilines is 2. The molecular weight excluding hydrogens is 362 g/mol. The molecule has 0 spiro atoms. The maximum Gasteiger partial charge on any atom is 0.255 e. The van der Waals surface area contributed by atoms with Crippen LogP contribution in [-0.4, -0.2) is 22.7 Å². The van der Waals surface area contributed by atoms with E-state index >= 15 is 0 Å². The van der Waals surface area contributed by atoms with Crippen LogP contribution in [0.3, 0.4) is 0 Å². The molecule has 0 radical (unpaired) electrons. The molecule has 6 nitrogen and oxygen atoms in total. The monoisotopic (exact) mass is 381 g/mol. The van der Waals surface area contributed by atoms with Gasteiger partial charge in [-0.25, -0.2) is 0 Å². The largest absolute Gasteiger partial charge is 0.360 e. The fraction of sp³-hybridized carbons (Fsp3) is 0.150. The van der Waals surface area contributed by atoms with Gasteiger partial charge in [0.25, 0.3) is 5.91 Å². The minimum absolute atomic E-state index is 0.155. The van der Waals surface area contributed by atoms with E-state index in [9.17, 15) is 9.59 Å². The Hall–Kier alpha value is -3.06. The highest BCUT2D eigenvalue weighted by atomic mass is 32.2. The smallest absolute Gasteiger partial charge is 0.255 e. The van der Waals surface area contributed by atoms with Gasteiger partial charge < -0.3 is 15.2 Å². The molecule has 3 rings (SSSR count). The Balaban J connectivity index is 1.50. The number of aryl methyl sites for hydroxylation is 2. The summed E-state index contributed by atoms with van der Waals surface area (Å²) in [4.78, 5) is 25.1. The highest BCUT2D eigenvalue weighted by molar-refractivity contribution is 8.00. The van der Waals surface area contributed by atoms with Crippen molar-refractivity contribution in [1.29, 1.82) is 0 Å². The number of amides is 2. The summed E-state index contributed by atoms with van der Waals surface area (Å²) in [6, 6.07) is 16.4. The summed E-state index contributed by atoms with van der Waals surface area (Å²) in [6.45, 7) is 3.74. The fourth-order valence-corrected chi connectivity index (χ4v) is 2.99. The van der Waals surface area contributed by atoms with Crippen molar-refractivity contribution >= 4 is 35.1 Å². The molecule has 0 bridgehead atoms. The average Bonchev–Trinajstić information content (AvgIpc) is 3.06. The lowest BCUT2D eigenvalue weighted by molar-refractivity contribution is -0.113. The number of carbonyl (C=O) groups is 2. The highest BCUT2D eigenvalue weighted by Crippen LogP contribution is 2.21. The molecule has 0 fully saturated rings. The number of hydrogen-bond acceptors (Lipinski definition) is 5. The van der Waals surface area contributed by atoms with Crippen LogP contribution in [0.4, 0.5) is 11.5 Å². The lowest BCUT2D eigenvalue weighted by Crippen LogP contribution is -2.14. The lowest BCUT2D eigenvalue weighted by Gasteiger charge is -2.07. The van der Waals surface area contributed by atoms with Crippen molar-refractivity contribution < 1.29 is 14.1 Å². The van der Waals surface area contributed by atoms with Gasteiger partial charge in [-0.15, -0.1) is 11.8 Å². The van der Waals surface area contributed by atoms with Crippen molar-refractivity contribution in [3.63, 3.8) is 0 Å². The minimum Gasteiger partial charge on any atom is -0.360 e. The van der Waals surface area contributed by atoms with Gasteiger partial charge in [-0.3, -0.25) is 9.59 Å². The summed E-state index contributed by atoms with van der Waals surface area (Å²) >= 11 is 1.40. The van der Waals surface area contributed by atoms with Crippen LogP contribution in [0.5, 0.6) is 0 Å². The number of rotatable bonds is 6. The van der Waals surface area contributed by atoms with Crippen molar-refractivity contribution in [2.24, 2.45) is 0 Å². The van der Waals surface area contributed by atoms with Gasteiger partial charge in [0.05, 0.1) is 5.75 Å². The number of carbonyl (C=O) groups excluding carboxylic acids is 2. The standard InChI is InChI=1S/C20H19N3O3S/c1-13-3-5-15(6-4-13)20(25)21-16-7-9-17(10-8-16)27-12-19(24)22-18-11-14(2)26-23-18/h3-11H,12H2,1-2H3,(H,21,25)(H,22,23,24). The first-order valence-electron chi connectivity index (χ1n) is 8.33. The third-order valence-corrected chi connectivity index (χ3v) is 4.70. The van der Waals surface area contributed by atoms with Crippen molar-refractivity contribution in [2.75, 3.05) is 16.4 Å². The van der Waals surface area contributed by atoms with Gasteiger partial charge in [-0.2, -0.15) is 0 Å². The molecule has 0 atom stereocenters. The van der Waals surface area contributed by atoms with E-state index in [0.29, 0.717) is 22.8 Å². The van der Waals surface area contributed by atoms with Crippen LogP contribution in [0.1, 0.15) is 21.7 Å². The SMILES string of the molecule is Cc1ccc(C(=O)Nc2ccc(SCC(=O)Nc3cc(C)on3)cc2)cc1. The van der Waals surface area contributed by atoms with E-state index < -0.39 is 0 Å². The molecule has 2 aromatic carbocycles. The normalized spacial score (nSPS) is 10.4. The number of hydrogen-bond donors (Lipinski definition) is 2. The number of benzene rings is 2. The van der Waals surface area contributed by atoms with Gasteiger partial charge in [0.15, 0.2) is 5.82 Å². The Kier molecular flexibility index (Phi) is 5.93. The van der Waals surface area contributed by atoms with Gasteiger partial charge in [0.1, 0.15) is 5.76 Å². The summed E-state index contributed by atoms with van der Waals surface area (Å²) in [5, 5.41) is 9.25. The summed E-state index contributed by atoms with van der Waals surface area (Å²) in [5.41, 5.74) is 2.42. The fourth-order valence-electron chi connectivity index (χ4n) is 2.30. The van der Waals surface area contributed by atoms with Crippen molar-refractivity contribution in [3.8, 4) is 0 Å². The topological polar surface area (TPSA) is 84.2 Å². The zero-order valence-electron chi connectivity index (χ0n) is 15.0. The van der Waals surface area contributed by atoms with Gasteiger partial charge in [0.2, 0.25) is 5.91 Å². The van der Waals surface area contributed by atoms with Gasteiger partial charge >= 0.3 is 0 Å². The Labute approximate surface area is 161 Å². The Morgan fingerprint density at radius 3 is 2.33 bits per heavy atom. The average molecular weight is 381 g/mol. The van der Waals surface area contributed by atoms with Crippen LogP contribution in [0, 0.1) is 13.8 Å². The van der Waals surface area contributed by atoms with Crippen LogP contribution in [0.15, 0.2) is 64.0 Å².